The standard InChI is InChI=1S/C41H40F5N3O3S/c1-27-6-15-36-34(22-27)37(50)23-39(53-26-31-4-3-5-35(42)40(31)43)49(36)25-38(51)48(33-16-18-47(19-17-33)20-21-52-2)24-28-7-9-29(10-8-28)30-11-13-32(14-12-30)41(44,45)46/h3-15,22-23,33H,16-21,24-26H2,1-2H3/i3D,4D,5D,6D,7D,8D,9D,10D,11D,12D,13D,14D,15D,16D2,17D2,18D2,19D2,20D2,22D,23D,33D. The number of halogens is 5. The van der Waals surface area contributed by atoms with Gasteiger partial charge in [0.15, 0.2) is 17.1 Å². The molecule has 4 aromatic carbocycles. The van der Waals surface area contributed by atoms with Crippen molar-refractivity contribution in [3.63, 3.8) is 0 Å². The minimum absolute atomic E-state index is 0.0689. The normalized spacial score (nSPS) is 25.9. The SMILES string of the molecule is [2H]c1c([2H])c(F)c(F)c(CSc2c([2H])c(=O)c3c([2H])c(C)c([2H])c([2H])c3n2CC(=O)N(Cc2c([2H])c([2H])c(-c3c([2H])c([2H])c(C(F)(F)F)c([2H])c3[2H])c([2H])c2[2H])C2([2H])C([2H])([2H])C([2H])([2H])N(C([2H])([2H])COC)C([2H])([2H])C2([2H])[2H])c1[2H]. The van der Waals surface area contributed by atoms with Gasteiger partial charge in [0.2, 0.25) is 5.91 Å². The van der Waals surface area contributed by atoms with Crippen molar-refractivity contribution in [1.82, 2.24) is 14.4 Å². The molecule has 0 spiro atoms. The maximum absolute atomic E-state index is 15.6. The Hall–Kier alpha value is -4.52. The number of carbonyl (C=O) groups excluding carboxylic acids is 1. The van der Waals surface area contributed by atoms with E-state index in [1.54, 1.807) is 0 Å². The Kier molecular flexibility index (Phi) is 5.44. The summed E-state index contributed by atoms with van der Waals surface area (Å²) in [5.74, 6) is -6.97. The van der Waals surface area contributed by atoms with Gasteiger partial charge in [0.25, 0.3) is 0 Å². The molecular weight excluding hydrogens is 710 g/mol. The molecule has 278 valence electrons. The second-order valence-electron chi connectivity index (χ2n) is 10.7. The predicted octanol–water partition coefficient (Wildman–Crippen LogP) is 8.71. The zero-order chi connectivity index (χ0) is 60.6. The number of methoxy groups -OCH3 is 1. The van der Waals surface area contributed by atoms with E-state index in [0.29, 0.717) is 4.57 Å². The van der Waals surface area contributed by atoms with Crippen LogP contribution in [0.5, 0.6) is 0 Å². The van der Waals surface area contributed by atoms with Crippen LogP contribution < -0.4 is 5.43 Å². The molecule has 0 aliphatic carbocycles. The minimum Gasteiger partial charge on any atom is -0.383 e. The van der Waals surface area contributed by atoms with Crippen LogP contribution in [0, 0.1) is 18.6 Å². The van der Waals surface area contributed by atoms with E-state index in [9.17, 15) is 29.2 Å². The Bertz CT molecular complexity index is 3380. The Balaban J connectivity index is 1.74. The van der Waals surface area contributed by atoms with Crippen LogP contribution in [0.3, 0.4) is 0 Å². The summed E-state index contributed by atoms with van der Waals surface area (Å²) >= 11 is 0.0689. The van der Waals surface area contributed by atoms with Gasteiger partial charge in [-0.25, -0.2) is 8.78 Å². The number of amides is 1. The van der Waals surface area contributed by atoms with E-state index < -0.39 is 237 Å². The third-order valence-electron chi connectivity index (χ3n) is 7.03. The van der Waals surface area contributed by atoms with Gasteiger partial charge in [-0.15, -0.1) is 11.8 Å². The van der Waals surface area contributed by atoms with E-state index in [-0.39, 0.29) is 17.3 Å². The number of thioether (sulfide) groups is 1. The molecule has 1 saturated heterocycles. The molecule has 0 atom stereocenters. The van der Waals surface area contributed by atoms with Crippen LogP contribution in [-0.4, -0.2) is 59.5 Å². The number of nitrogens with zero attached hydrogens (tertiary/aromatic N) is 3. The summed E-state index contributed by atoms with van der Waals surface area (Å²) in [5, 5.41) is -1.87. The van der Waals surface area contributed by atoms with Gasteiger partial charge in [0, 0.05) is 75.6 Å². The van der Waals surface area contributed by atoms with Crippen LogP contribution in [0.15, 0.2) is 100 Å². The van der Waals surface area contributed by atoms with E-state index in [1.165, 1.54) is 0 Å². The van der Waals surface area contributed by atoms with Gasteiger partial charge in [-0.1, -0.05) is 59.9 Å². The third-order valence-corrected chi connectivity index (χ3v) is 8.06. The number of alkyl halides is 3. The first kappa shape index (κ1) is 17.3. The van der Waals surface area contributed by atoms with Gasteiger partial charge < -0.3 is 19.1 Å². The Morgan fingerprint density at radius 3 is 2.36 bits per heavy atom. The molecule has 0 bridgehead atoms. The molecule has 6 rings (SSSR count). The minimum atomic E-state index is -5.51. The van der Waals surface area contributed by atoms with Crippen LogP contribution in [0.25, 0.3) is 22.0 Å². The number of ether oxygens (including phenoxy) is 1. The fourth-order valence-corrected chi connectivity index (χ4v) is 5.47. The number of likely N-dealkylation sites (tertiary alicyclic amines) is 1. The molecule has 53 heavy (non-hydrogen) atoms. The highest BCUT2D eigenvalue weighted by molar-refractivity contribution is 7.98. The molecular formula is C41H40F5N3O3S. The van der Waals surface area contributed by atoms with Gasteiger partial charge in [-0.2, -0.15) is 13.2 Å². The Morgan fingerprint density at radius 1 is 1.02 bits per heavy atom. The number of rotatable bonds is 12. The maximum atomic E-state index is 15.6. The summed E-state index contributed by atoms with van der Waals surface area (Å²) in [4.78, 5) is 28.7. The topological polar surface area (TPSA) is 54.8 Å². The van der Waals surface area contributed by atoms with Crippen molar-refractivity contribution in [2.24, 2.45) is 0 Å². The molecule has 1 amide bonds. The average Bonchev–Trinajstić information content (AvgIpc) is 3.28. The highest BCUT2D eigenvalue weighted by Crippen LogP contribution is 2.32. The number of hydrogen-bond donors (Lipinski definition) is 0. The fourth-order valence-electron chi connectivity index (χ4n) is 4.51. The van der Waals surface area contributed by atoms with Crippen molar-refractivity contribution in [3.8, 4) is 11.1 Å². The van der Waals surface area contributed by atoms with Gasteiger partial charge in [-0.3, -0.25) is 9.59 Å². The zero-order valence-electron chi connectivity index (χ0n) is 53.2. The van der Waals surface area contributed by atoms with E-state index in [1.807, 2.05) is 0 Å². The second-order valence-corrected chi connectivity index (χ2v) is 11.6. The highest BCUT2D eigenvalue weighted by Gasteiger charge is 2.31. The van der Waals surface area contributed by atoms with Gasteiger partial charge in [0.1, 0.15) is 6.54 Å². The number of piperidine rings is 1. The lowest BCUT2D eigenvalue weighted by Gasteiger charge is -2.39. The van der Waals surface area contributed by atoms with Crippen LogP contribution in [0.4, 0.5) is 22.0 Å². The summed E-state index contributed by atoms with van der Waals surface area (Å²) in [6.45, 7) is -16.2. The molecule has 1 fully saturated rings. The van der Waals surface area contributed by atoms with Crippen LogP contribution in [0.1, 0.15) is 70.6 Å². The van der Waals surface area contributed by atoms with E-state index in [0.717, 1.165) is 14.0 Å². The molecule has 12 heteroatoms. The van der Waals surface area contributed by atoms with Gasteiger partial charge >= 0.3 is 6.18 Å². The summed E-state index contributed by atoms with van der Waals surface area (Å²) in [5.41, 5.74) is -9.61. The zero-order valence-corrected chi connectivity index (χ0v) is 28.0. The quantitative estimate of drug-likeness (QED) is 0.0939. The van der Waals surface area contributed by atoms with Crippen LogP contribution in [-0.2, 0) is 34.6 Å². The number of carbonyl (C=O) groups is 1. The molecule has 0 unspecified atom stereocenters. The summed E-state index contributed by atoms with van der Waals surface area (Å²) in [6, 6.07) is -24.7. The van der Waals surface area contributed by atoms with E-state index in [2.05, 4.69) is 0 Å². The largest absolute Gasteiger partial charge is 0.416 e. The van der Waals surface area contributed by atoms with Crippen molar-refractivity contribution >= 4 is 28.6 Å². The molecule has 1 aliphatic heterocycles. The number of hydrogen-bond acceptors (Lipinski definition) is 5. The highest BCUT2D eigenvalue weighted by atomic mass is 32.2. The second kappa shape index (κ2) is 16.7. The number of aromatic nitrogens is 1. The third kappa shape index (κ3) is 9.17. The van der Waals surface area contributed by atoms with Crippen molar-refractivity contribution in [3.05, 3.63) is 135 Å². The van der Waals surface area contributed by atoms with Crippen LogP contribution >= 0.6 is 11.8 Å². The van der Waals surface area contributed by atoms with Crippen molar-refractivity contribution in [2.45, 2.75) is 55.7 Å². The first-order valence-corrected chi connectivity index (χ1v) is 15.9. The smallest absolute Gasteiger partial charge is 0.383 e. The van der Waals surface area contributed by atoms with Crippen LogP contribution in [0.2, 0.25) is 0 Å². The number of benzene rings is 4. The molecule has 1 aliphatic rings. The molecule has 6 nitrogen and oxygen atoms in total. The average molecular weight is 776 g/mol. The first-order valence-electron chi connectivity index (χ1n) is 27.9. The fraction of sp³-hybridized carbons (Fsp3) is 0.317. The molecule has 5 aromatic rings. The van der Waals surface area contributed by atoms with Gasteiger partial charge in [-0.05, 0) is 66.6 Å². The maximum Gasteiger partial charge on any atom is 0.416 e. The molecule has 2 heterocycles. The molecule has 0 radical (unpaired) electrons. The van der Waals surface area contributed by atoms with Crippen molar-refractivity contribution < 1.29 is 67.1 Å². The van der Waals surface area contributed by atoms with Crippen molar-refractivity contribution in [2.75, 3.05) is 33.2 Å². The van der Waals surface area contributed by atoms with Crippen molar-refractivity contribution in [1.29, 1.82) is 0 Å². The molecule has 0 N–H and O–H groups in total. The Morgan fingerprint density at radius 2 is 1.70 bits per heavy atom. The predicted molar refractivity (Wildman–Crippen MR) is 198 cm³/mol. The summed E-state index contributed by atoms with van der Waals surface area (Å²) < 4.78 is 305. The molecule has 1 aromatic heterocycles. The molecule has 0 saturated carbocycles. The number of pyridine rings is 1. The summed E-state index contributed by atoms with van der Waals surface area (Å²) in [7, 11) is 0.840. The lowest BCUT2D eigenvalue weighted by Crippen LogP contribution is -2.48. The Labute approximate surface area is 345 Å². The summed E-state index contributed by atoms with van der Waals surface area (Å²) in [6.07, 6.45) is -14.6. The van der Waals surface area contributed by atoms with Gasteiger partial charge in [0.05, 0.1) is 44.6 Å². The monoisotopic (exact) mass is 775 g/mol. The van der Waals surface area contributed by atoms with E-state index >= 15 is 9.18 Å². The first-order chi connectivity index (χ1) is 35.8. The lowest BCUT2D eigenvalue weighted by molar-refractivity contribution is -0.137. The van der Waals surface area contributed by atoms with E-state index in [4.69, 9.17) is 33.5 Å². The number of fused-ring (bicyclic) bond motifs is 1. The lowest BCUT2D eigenvalue weighted by atomic mass is 10.00.